The van der Waals surface area contributed by atoms with E-state index in [9.17, 15) is 9.59 Å². The van der Waals surface area contributed by atoms with Gasteiger partial charge in [-0.05, 0) is 40.2 Å². The van der Waals surface area contributed by atoms with E-state index in [-0.39, 0.29) is 35.9 Å². The minimum Gasteiger partial charge on any atom is -0.350 e. The summed E-state index contributed by atoms with van der Waals surface area (Å²) >= 11 is 0. The van der Waals surface area contributed by atoms with Crippen LogP contribution in [0.3, 0.4) is 0 Å². The molecule has 0 aromatic rings. The Kier molecular flexibility index (Phi) is 3.61. The molecule has 102 valence electrons. The van der Waals surface area contributed by atoms with Crippen LogP contribution < -0.4 is 10.6 Å². The standard InChI is InChI=1S/C13H23N3O2/c1-13(2,3)15-11(17)8-16-7-10-9(12(16)18)5-4-6-14-10/h9-10,14H,4-8H2,1-3H3,(H,15,17). The van der Waals surface area contributed by atoms with E-state index < -0.39 is 0 Å². The zero-order valence-corrected chi connectivity index (χ0v) is 11.5. The average Bonchev–Trinajstić information content (AvgIpc) is 2.54. The van der Waals surface area contributed by atoms with Gasteiger partial charge in [-0.25, -0.2) is 0 Å². The van der Waals surface area contributed by atoms with E-state index in [1.807, 2.05) is 20.8 Å². The van der Waals surface area contributed by atoms with E-state index in [2.05, 4.69) is 10.6 Å². The van der Waals surface area contributed by atoms with Crippen LogP contribution >= 0.6 is 0 Å². The van der Waals surface area contributed by atoms with E-state index in [1.165, 1.54) is 0 Å². The highest BCUT2D eigenvalue weighted by molar-refractivity contribution is 5.88. The number of carbonyl (C=O) groups excluding carboxylic acids is 2. The molecule has 2 aliphatic heterocycles. The molecule has 2 atom stereocenters. The number of likely N-dealkylation sites (tertiary alicyclic amines) is 1. The lowest BCUT2D eigenvalue weighted by atomic mass is 9.94. The van der Waals surface area contributed by atoms with Crippen LogP contribution in [0, 0.1) is 5.92 Å². The van der Waals surface area contributed by atoms with Crippen LogP contribution in [0.25, 0.3) is 0 Å². The molecule has 0 spiro atoms. The van der Waals surface area contributed by atoms with Gasteiger partial charge >= 0.3 is 0 Å². The molecule has 2 saturated heterocycles. The maximum absolute atomic E-state index is 12.1. The van der Waals surface area contributed by atoms with Crippen molar-refractivity contribution in [3.8, 4) is 0 Å². The predicted molar refractivity (Wildman–Crippen MR) is 69.0 cm³/mol. The SMILES string of the molecule is CC(C)(C)NC(=O)CN1CC2NCCCC2C1=O. The molecule has 2 fully saturated rings. The Labute approximate surface area is 108 Å². The van der Waals surface area contributed by atoms with Crippen molar-refractivity contribution in [1.29, 1.82) is 0 Å². The van der Waals surface area contributed by atoms with E-state index >= 15 is 0 Å². The smallest absolute Gasteiger partial charge is 0.240 e. The first-order valence-electron chi connectivity index (χ1n) is 6.70. The van der Waals surface area contributed by atoms with Crippen LogP contribution in [0.4, 0.5) is 0 Å². The molecule has 2 aliphatic rings. The Morgan fingerprint density at radius 3 is 2.83 bits per heavy atom. The van der Waals surface area contributed by atoms with Crippen LogP contribution in [0.2, 0.25) is 0 Å². The fourth-order valence-corrected chi connectivity index (χ4v) is 2.78. The summed E-state index contributed by atoms with van der Waals surface area (Å²) in [5.41, 5.74) is -0.245. The lowest BCUT2D eigenvalue weighted by Crippen LogP contribution is -2.46. The first-order chi connectivity index (χ1) is 8.37. The maximum atomic E-state index is 12.1. The molecule has 2 heterocycles. The number of rotatable bonds is 2. The molecule has 2 amide bonds. The molecule has 5 nitrogen and oxygen atoms in total. The molecular formula is C13H23N3O2. The lowest BCUT2D eigenvalue weighted by molar-refractivity contribution is -0.136. The van der Waals surface area contributed by atoms with Gasteiger partial charge in [0, 0.05) is 18.1 Å². The number of carbonyl (C=O) groups is 2. The Bertz CT molecular complexity index is 349. The van der Waals surface area contributed by atoms with Crippen molar-refractivity contribution < 1.29 is 9.59 Å². The molecule has 5 heteroatoms. The van der Waals surface area contributed by atoms with Gasteiger partial charge in [0.05, 0.1) is 12.5 Å². The van der Waals surface area contributed by atoms with Gasteiger partial charge in [-0.1, -0.05) is 0 Å². The van der Waals surface area contributed by atoms with Crippen molar-refractivity contribution in [2.75, 3.05) is 19.6 Å². The lowest BCUT2D eigenvalue weighted by Gasteiger charge is -2.23. The molecule has 2 N–H and O–H groups in total. The van der Waals surface area contributed by atoms with Crippen molar-refractivity contribution in [2.45, 2.75) is 45.2 Å². The summed E-state index contributed by atoms with van der Waals surface area (Å²) in [6.07, 6.45) is 2.00. The second-order valence-electron chi connectivity index (χ2n) is 6.33. The van der Waals surface area contributed by atoms with E-state index in [0.29, 0.717) is 6.54 Å². The highest BCUT2D eigenvalue weighted by Gasteiger charge is 2.41. The van der Waals surface area contributed by atoms with Crippen LogP contribution in [0.1, 0.15) is 33.6 Å². The third-order valence-corrected chi connectivity index (χ3v) is 3.48. The predicted octanol–water partition coefficient (Wildman–Crippen LogP) is 0.112. The van der Waals surface area contributed by atoms with Gasteiger partial charge in [-0.15, -0.1) is 0 Å². The molecular weight excluding hydrogens is 230 g/mol. The van der Waals surface area contributed by atoms with Crippen LogP contribution in [0.15, 0.2) is 0 Å². The average molecular weight is 253 g/mol. The van der Waals surface area contributed by atoms with Gasteiger partial charge < -0.3 is 15.5 Å². The van der Waals surface area contributed by atoms with E-state index in [4.69, 9.17) is 0 Å². The highest BCUT2D eigenvalue weighted by atomic mass is 16.2. The first-order valence-corrected chi connectivity index (χ1v) is 6.70. The van der Waals surface area contributed by atoms with Crippen molar-refractivity contribution in [3.05, 3.63) is 0 Å². The number of hydrogen-bond donors (Lipinski definition) is 2. The van der Waals surface area contributed by atoms with Crippen molar-refractivity contribution in [2.24, 2.45) is 5.92 Å². The fraction of sp³-hybridized carbons (Fsp3) is 0.846. The van der Waals surface area contributed by atoms with Gasteiger partial charge in [0.25, 0.3) is 0 Å². The van der Waals surface area contributed by atoms with E-state index in [0.717, 1.165) is 19.4 Å². The van der Waals surface area contributed by atoms with Gasteiger partial charge in [0.2, 0.25) is 11.8 Å². The summed E-state index contributed by atoms with van der Waals surface area (Å²) in [6.45, 7) is 7.66. The second-order valence-corrected chi connectivity index (χ2v) is 6.33. The first kappa shape index (κ1) is 13.3. The highest BCUT2D eigenvalue weighted by Crippen LogP contribution is 2.25. The third kappa shape index (κ3) is 3.02. The quantitative estimate of drug-likeness (QED) is 0.734. The molecule has 0 bridgehead atoms. The molecule has 0 aromatic heterocycles. The van der Waals surface area contributed by atoms with Gasteiger partial charge in [-0.2, -0.15) is 0 Å². The minimum atomic E-state index is -0.245. The number of hydrogen-bond acceptors (Lipinski definition) is 3. The number of amides is 2. The van der Waals surface area contributed by atoms with Crippen LogP contribution in [-0.2, 0) is 9.59 Å². The van der Waals surface area contributed by atoms with Crippen molar-refractivity contribution >= 4 is 11.8 Å². The zero-order valence-electron chi connectivity index (χ0n) is 11.5. The summed E-state index contributed by atoms with van der Waals surface area (Å²) in [4.78, 5) is 25.7. The number of piperidine rings is 1. The van der Waals surface area contributed by atoms with Gasteiger partial charge in [0.15, 0.2) is 0 Å². The Morgan fingerprint density at radius 1 is 1.50 bits per heavy atom. The summed E-state index contributed by atoms with van der Waals surface area (Å²) in [5.74, 6) is 0.145. The Morgan fingerprint density at radius 2 is 2.22 bits per heavy atom. The molecule has 18 heavy (non-hydrogen) atoms. The maximum Gasteiger partial charge on any atom is 0.240 e. The van der Waals surface area contributed by atoms with Crippen molar-refractivity contribution in [1.82, 2.24) is 15.5 Å². The van der Waals surface area contributed by atoms with Crippen LogP contribution in [-0.4, -0.2) is 47.9 Å². The van der Waals surface area contributed by atoms with Gasteiger partial charge in [-0.3, -0.25) is 9.59 Å². The molecule has 0 radical (unpaired) electrons. The summed E-state index contributed by atoms with van der Waals surface area (Å²) in [5, 5.41) is 6.26. The molecule has 2 rings (SSSR count). The summed E-state index contributed by atoms with van der Waals surface area (Å²) in [6, 6.07) is 0.244. The summed E-state index contributed by atoms with van der Waals surface area (Å²) < 4.78 is 0. The number of nitrogens with zero attached hydrogens (tertiary/aromatic N) is 1. The Hall–Kier alpha value is -1.10. The number of nitrogens with one attached hydrogen (secondary N) is 2. The fourth-order valence-electron chi connectivity index (χ4n) is 2.78. The number of fused-ring (bicyclic) bond motifs is 1. The van der Waals surface area contributed by atoms with E-state index in [1.54, 1.807) is 4.90 Å². The monoisotopic (exact) mass is 253 g/mol. The summed E-state index contributed by atoms with van der Waals surface area (Å²) in [7, 11) is 0. The molecule has 0 aromatic carbocycles. The largest absolute Gasteiger partial charge is 0.350 e. The third-order valence-electron chi connectivity index (χ3n) is 3.48. The Balaban J connectivity index is 1.91. The normalized spacial score (nSPS) is 28.2. The molecule has 0 aliphatic carbocycles. The zero-order chi connectivity index (χ0) is 13.3. The van der Waals surface area contributed by atoms with Gasteiger partial charge in [0.1, 0.15) is 0 Å². The minimum absolute atomic E-state index is 0.0745. The molecule has 2 unspecified atom stereocenters. The molecule has 0 saturated carbocycles. The van der Waals surface area contributed by atoms with Crippen molar-refractivity contribution in [3.63, 3.8) is 0 Å². The second kappa shape index (κ2) is 4.88. The van der Waals surface area contributed by atoms with Crippen LogP contribution in [0.5, 0.6) is 0 Å². The topological polar surface area (TPSA) is 61.4 Å².